The van der Waals surface area contributed by atoms with E-state index in [1.54, 1.807) is 37.0 Å². The summed E-state index contributed by atoms with van der Waals surface area (Å²) in [5.41, 5.74) is 1.16. The summed E-state index contributed by atoms with van der Waals surface area (Å²) in [6.07, 6.45) is 16.1. The minimum Gasteiger partial charge on any atom is -0.490 e. The molecule has 3 rings (SSSR count). The first-order valence-electron chi connectivity index (χ1n) is 13.2. The first-order valence-corrected chi connectivity index (χ1v) is 16.2. The van der Waals surface area contributed by atoms with E-state index in [0.717, 1.165) is 23.8 Å². The molecule has 2 fully saturated rings. The summed E-state index contributed by atoms with van der Waals surface area (Å²) in [4.78, 5) is 0. The van der Waals surface area contributed by atoms with Crippen molar-refractivity contribution in [3.63, 3.8) is 0 Å². The van der Waals surface area contributed by atoms with Crippen molar-refractivity contribution >= 4 is 20.4 Å². The van der Waals surface area contributed by atoms with Crippen molar-refractivity contribution in [2.45, 2.75) is 108 Å². The van der Waals surface area contributed by atoms with Crippen molar-refractivity contribution in [1.82, 2.24) is 0 Å². The monoisotopic (exact) mass is 466 g/mol. The van der Waals surface area contributed by atoms with Crippen molar-refractivity contribution in [3.05, 3.63) is 29.6 Å². The van der Waals surface area contributed by atoms with Crippen molar-refractivity contribution in [1.29, 1.82) is 0 Å². The van der Waals surface area contributed by atoms with Gasteiger partial charge in [0.25, 0.3) is 0 Å². The molecule has 1 nitrogen and oxygen atoms in total. The van der Waals surface area contributed by atoms with Gasteiger partial charge in [-0.25, -0.2) is 4.39 Å². The number of hydrogen-bond acceptors (Lipinski definition) is 1. The number of halogens is 2. The lowest BCUT2D eigenvalue weighted by molar-refractivity contribution is 0.293. The van der Waals surface area contributed by atoms with Crippen LogP contribution in [-0.2, 0) is 0 Å². The molecule has 0 atom stereocenters. The van der Waals surface area contributed by atoms with Crippen LogP contribution >= 0.6 is 11.6 Å². The summed E-state index contributed by atoms with van der Waals surface area (Å²) >= 11 is 5.66. The molecule has 1 aromatic carbocycles. The summed E-state index contributed by atoms with van der Waals surface area (Å²) < 4.78 is 19.9. The Labute approximate surface area is 197 Å². The van der Waals surface area contributed by atoms with Gasteiger partial charge in [0, 0.05) is 14.7 Å². The van der Waals surface area contributed by atoms with Crippen molar-refractivity contribution in [2.24, 2.45) is 11.8 Å². The second-order valence-electron chi connectivity index (χ2n) is 10.3. The van der Waals surface area contributed by atoms with Gasteiger partial charge in [-0.3, -0.25) is 0 Å². The number of alkyl halides is 1. The SMILES string of the molecule is CCC[Si@H]1CC[C@H](CCCC[C@H]2CC[C@H](c3ccc(OCCCCl)c(F)c3)CC2)CC1. The Balaban J connectivity index is 1.30. The highest BCUT2D eigenvalue weighted by atomic mass is 35.5. The van der Waals surface area contributed by atoms with Crippen LogP contribution in [0.2, 0.25) is 18.1 Å². The maximum atomic E-state index is 14.4. The summed E-state index contributed by atoms with van der Waals surface area (Å²) in [6, 6.07) is 10.4. The molecule has 0 spiro atoms. The van der Waals surface area contributed by atoms with Crippen LogP contribution in [0.25, 0.3) is 0 Å². The van der Waals surface area contributed by atoms with Gasteiger partial charge in [-0.15, -0.1) is 11.6 Å². The highest BCUT2D eigenvalue weighted by Gasteiger charge is 2.24. The molecule has 0 bridgehead atoms. The minimum absolute atomic E-state index is 0.222. The van der Waals surface area contributed by atoms with Crippen molar-refractivity contribution in [3.8, 4) is 5.75 Å². The first kappa shape index (κ1) is 25.1. The average Bonchev–Trinajstić information content (AvgIpc) is 2.79. The summed E-state index contributed by atoms with van der Waals surface area (Å²) in [5.74, 6) is 3.15. The van der Waals surface area contributed by atoms with E-state index in [0.29, 0.717) is 24.2 Å². The third-order valence-corrected chi connectivity index (χ3v) is 11.9. The molecule has 176 valence electrons. The van der Waals surface area contributed by atoms with Gasteiger partial charge in [0.2, 0.25) is 0 Å². The number of rotatable bonds is 12. The highest BCUT2D eigenvalue weighted by Crippen LogP contribution is 2.39. The lowest BCUT2D eigenvalue weighted by Crippen LogP contribution is -2.21. The molecule has 1 aromatic rings. The summed E-state index contributed by atoms with van der Waals surface area (Å²) in [5, 5.41) is 0. The zero-order valence-electron chi connectivity index (χ0n) is 19.7. The molecular weight excluding hydrogens is 423 g/mol. The number of hydrogen-bond donors (Lipinski definition) is 0. The molecule has 1 aliphatic heterocycles. The molecule has 1 heterocycles. The zero-order chi connectivity index (χ0) is 21.9. The molecule has 0 unspecified atom stereocenters. The fourth-order valence-corrected chi connectivity index (χ4v) is 9.67. The van der Waals surface area contributed by atoms with Crippen molar-refractivity contribution in [2.75, 3.05) is 12.5 Å². The Morgan fingerprint density at radius 2 is 1.65 bits per heavy atom. The lowest BCUT2D eigenvalue weighted by Gasteiger charge is -2.30. The largest absolute Gasteiger partial charge is 0.490 e. The molecular formula is C27H44ClFOSi. The third-order valence-electron chi connectivity index (χ3n) is 7.95. The molecule has 1 aliphatic carbocycles. The quantitative estimate of drug-likeness (QED) is 0.170. The molecule has 0 N–H and O–H groups in total. The smallest absolute Gasteiger partial charge is 0.165 e. The Morgan fingerprint density at radius 1 is 0.968 bits per heavy atom. The van der Waals surface area contributed by atoms with Crippen LogP contribution in [0.3, 0.4) is 0 Å². The van der Waals surface area contributed by atoms with E-state index < -0.39 is 0 Å². The Hall–Kier alpha value is -0.543. The van der Waals surface area contributed by atoms with E-state index in [2.05, 4.69) is 13.0 Å². The van der Waals surface area contributed by atoms with Crippen LogP contribution in [0.4, 0.5) is 4.39 Å². The average molecular weight is 467 g/mol. The van der Waals surface area contributed by atoms with Crippen LogP contribution in [0, 0.1) is 17.7 Å². The van der Waals surface area contributed by atoms with Gasteiger partial charge in [-0.05, 0) is 67.6 Å². The van der Waals surface area contributed by atoms with Gasteiger partial charge >= 0.3 is 0 Å². The maximum absolute atomic E-state index is 14.4. The maximum Gasteiger partial charge on any atom is 0.165 e. The Bertz CT molecular complexity index is 624. The fraction of sp³-hybridized carbons (Fsp3) is 0.778. The summed E-state index contributed by atoms with van der Waals surface area (Å²) in [7, 11) is -0.310. The summed E-state index contributed by atoms with van der Waals surface area (Å²) in [6.45, 7) is 2.84. The van der Waals surface area contributed by atoms with Gasteiger partial charge in [0.1, 0.15) is 0 Å². The first-order chi connectivity index (χ1) is 15.2. The van der Waals surface area contributed by atoms with Crippen LogP contribution in [0.15, 0.2) is 18.2 Å². The normalized spacial score (nSPS) is 26.7. The fourth-order valence-electron chi connectivity index (χ4n) is 5.99. The van der Waals surface area contributed by atoms with E-state index in [4.69, 9.17) is 16.3 Å². The molecule has 0 radical (unpaired) electrons. The predicted octanol–water partition coefficient (Wildman–Crippen LogP) is 8.71. The second kappa shape index (κ2) is 13.9. The molecule has 4 heteroatoms. The predicted molar refractivity (Wildman–Crippen MR) is 135 cm³/mol. The third kappa shape index (κ3) is 8.39. The Morgan fingerprint density at radius 3 is 2.26 bits per heavy atom. The minimum atomic E-state index is -0.310. The van der Waals surface area contributed by atoms with Gasteiger partial charge in [-0.2, -0.15) is 0 Å². The molecule has 1 saturated heterocycles. The van der Waals surface area contributed by atoms with Crippen LogP contribution < -0.4 is 4.74 Å². The van der Waals surface area contributed by atoms with Gasteiger partial charge in [-0.1, -0.05) is 76.1 Å². The van der Waals surface area contributed by atoms with E-state index in [1.165, 1.54) is 57.8 Å². The highest BCUT2D eigenvalue weighted by molar-refractivity contribution is 6.58. The van der Waals surface area contributed by atoms with Gasteiger partial charge < -0.3 is 4.74 Å². The van der Waals surface area contributed by atoms with E-state index >= 15 is 0 Å². The lowest BCUT2D eigenvalue weighted by atomic mass is 9.77. The van der Waals surface area contributed by atoms with E-state index in [9.17, 15) is 4.39 Å². The van der Waals surface area contributed by atoms with E-state index in [1.807, 2.05) is 6.07 Å². The topological polar surface area (TPSA) is 9.23 Å². The van der Waals surface area contributed by atoms with Crippen molar-refractivity contribution < 1.29 is 9.13 Å². The molecule has 0 amide bonds. The van der Waals surface area contributed by atoms with Crippen LogP contribution in [0.5, 0.6) is 5.75 Å². The zero-order valence-corrected chi connectivity index (χ0v) is 21.6. The molecule has 1 saturated carbocycles. The second-order valence-corrected chi connectivity index (χ2v) is 14.1. The molecule has 2 aliphatic rings. The number of ether oxygens (including phenoxy) is 1. The molecule has 31 heavy (non-hydrogen) atoms. The molecule has 0 aromatic heterocycles. The standard InChI is InChI=1S/C27H44ClFOSi/c1-2-18-31-19-14-23(15-20-31)7-4-3-6-22-8-10-24(11-9-22)25-12-13-27(26(29)21-25)30-17-5-16-28/h12-13,21-24,31H,2-11,14-20H2,1H3/t22-,23-,24-,31-. The Kier molecular flexibility index (Phi) is 11.2. The number of unbranched alkanes of at least 4 members (excludes halogenated alkanes) is 1. The van der Waals surface area contributed by atoms with Crippen LogP contribution in [-0.4, -0.2) is 21.3 Å². The number of benzene rings is 1. The van der Waals surface area contributed by atoms with Gasteiger partial charge in [0.05, 0.1) is 6.61 Å². The van der Waals surface area contributed by atoms with Gasteiger partial charge in [0.15, 0.2) is 11.6 Å². The van der Waals surface area contributed by atoms with Crippen LogP contribution in [0.1, 0.15) is 95.5 Å². The van der Waals surface area contributed by atoms with E-state index in [-0.39, 0.29) is 14.6 Å².